The molecule has 148 valence electrons. The summed E-state index contributed by atoms with van der Waals surface area (Å²) < 4.78 is 11.8. The number of nitrogens with zero attached hydrogens (tertiary/aromatic N) is 1. The van der Waals surface area contributed by atoms with Gasteiger partial charge in [0.2, 0.25) is 5.79 Å². The molecule has 0 spiro atoms. The quantitative estimate of drug-likeness (QED) is 0.532. The van der Waals surface area contributed by atoms with E-state index in [9.17, 15) is 4.79 Å². The molecule has 0 bridgehead atoms. The third-order valence-electron chi connectivity index (χ3n) is 4.93. The Hall–Kier alpha value is -1.86. The van der Waals surface area contributed by atoms with Crippen LogP contribution >= 0.6 is 0 Å². The van der Waals surface area contributed by atoms with Gasteiger partial charge in [-0.05, 0) is 43.2 Å². The van der Waals surface area contributed by atoms with Crippen molar-refractivity contribution in [1.29, 1.82) is 0 Å². The Balaban J connectivity index is 2.38. The first-order valence-corrected chi connectivity index (χ1v) is 9.97. The van der Waals surface area contributed by atoms with Gasteiger partial charge in [0.1, 0.15) is 0 Å². The topological polar surface area (TPSA) is 48.4 Å². The van der Waals surface area contributed by atoms with Crippen LogP contribution in [0.5, 0.6) is 0 Å². The molecule has 27 heavy (non-hydrogen) atoms. The van der Waals surface area contributed by atoms with E-state index < -0.39 is 11.4 Å². The van der Waals surface area contributed by atoms with E-state index in [1.807, 2.05) is 19.2 Å². The van der Waals surface area contributed by atoms with Crippen LogP contribution in [0.1, 0.15) is 77.6 Å². The number of carbonyl (C=O) groups is 1. The van der Waals surface area contributed by atoms with Crippen molar-refractivity contribution in [2.24, 2.45) is 11.8 Å². The Kier molecular flexibility index (Phi) is 6.70. The Morgan fingerprint density at radius 2 is 1.96 bits per heavy atom. The zero-order chi connectivity index (χ0) is 20.2. The van der Waals surface area contributed by atoms with Crippen LogP contribution in [0.15, 0.2) is 12.3 Å². The summed E-state index contributed by atoms with van der Waals surface area (Å²) in [6.45, 7) is 14.1. The highest BCUT2D eigenvalue weighted by Gasteiger charge is 2.57. The van der Waals surface area contributed by atoms with E-state index in [0.717, 1.165) is 36.1 Å². The Bertz CT molecular complexity index is 742. The molecule has 0 amide bonds. The smallest absolute Gasteiger partial charge is 0.341 e. The average molecular weight is 372 g/mol. The van der Waals surface area contributed by atoms with Crippen molar-refractivity contribution in [2.45, 2.75) is 85.5 Å². The van der Waals surface area contributed by atoms with Gasteiger partial charge in [-0.25, -0.2) is 4.79 Å². The number of ether oxygens (including phenoxy) is 2. The number of rotatable bonds is 6. The Morgan fingerprint density at radius 1 is 1.26 bits per heavy atom. The zero-order valence-corrected chi connectivity index (χ0v) is 17.8. The molecule has 4 heteroatoms. The van der Waals surface area contributed by atoms with Gasteiger partial charge in [0.25, 0.3) is 0 Å². The number of hydrogen-bond donors (Lipinski definition) is 0. The number of carbonyl (C=O) groups excluding carboxylic acids is 1. The number of pyridine rings is 1. The molecule has 0 radical (unpaired) electrons. The van der Waals surface area contributed by atoms with Crippen molar-refractivity contribution in [3.8, 4) is 11.8 Å². The lowest BCUT2D eigenvalue weighted by atomic mass is 9.79. The van der Waals surface area contributed by atoms with Crippen LogP contribution in [0, 0.1) is 30.6 Å². The van der Waals surface area contributed by atoms with Crippen molar-refractivity contribution < 1.29 is 14.3 Å². The minimum Gasteiger partial charge on any atom is -0.431 e. The number of unbranched alkanes of at least 4 members (excludes halogenated alkanes) is 1. The van der Waals surface area contributed by atoms with Crippen molar-refractivity contribution in [3.05, 3.63) is 29.1 Å². The molecule has 0 aromatic carbocycles. The summed E-state index contributed by atoms with van der Waals surface area (Å²) in [6.07, 6.45) is 5.01. The molecule has 1 fully saturated rings. The molecule has 1 aliphatic heterocycles. The van der Waals surface area contributed by atoms with Gasteiger partial charge in [-0.15, -0.1) is 0 Å². The maximum absolute atomic E-state index is 12.9. The summed E-state index contributed by atoms with van der Waals surface area (Å²) in [7, 11) is 0. The highest BCUT2D eigenvalue weighted by molar-refractivity contribution is 5.82. The molecule has 0 unspecified atom stereocenters. The van der Waals surface area contributed by atoms with Crippen molar-refractivity contribution in [3.63, 3.8) is 0 Å². The molecule has 1 saturated heterocycles. The highest BCUT2D eigenvalue weighted by Crippen LogP contribution is 2.42. The molecule has 0 saturated carbocycles. The zero-order valence-electron chi connectivity index (χ0n) is 17.8. The number of aromatic nitrogens is 1. The van der Waals surface area contributed by atoms with Gasteiger partial charge in [0, 0.05) is 44.1 Å². The standard InChI is InChI=1S/C23H33NO3/c1-8-9-10-11-19-13-20(24-15-17(19)4)14-23(18(5)12-16(2)3)21(25)26-22(6,7)27-23/h13,15-16,18H,8-9,12,14H2,1-7H3/t18-,23+/m0/s1. The number of cyclic esters (lactones) is 1. The lowest BCUT2D eigenvalue weighted by molar-refractivity contribution is -0.174. The molecule has 1 aromatic heterocycles. The van der Waals surface area contributed by atoms with Gasteiger partial charge in [0.05, 0.1) is 0 Å². The third kappa shape index (κ3) is 5.11. The molecule has 2 atom stereocenters. The minimum absolute atomic E-state index is 0.0181. The fraction of sp³-hybridized carbons (Fsp3) is 0.652. The predicted octanol–water partition coefficient (Wildman–Crippen LogP) is 4.81. The summed E-state index contributed by atoms with van der Waals surface area (Å²) >= 11 is 0. The van der Waals surface area contributed by atoms with Gasteiger partial charge >= 0.3 is 5.97 Å². The monoisotopic (exact) mass is 371 g/mol. The van der Waals surface area contributed by atoms with Crippen LogP contribution in [0.25, 0.3) is 0 Å². The second-order valence-electron chi connectivity index (χ2n) is 8.53. The summed E-state index contributed by atoms with van der Waals surface area (Å²) in [6, 6.07) is 1.99. The molecule has 0 N–H and O–H groups in total. The summed E-state index contributed by atoms with van der Waals surface area (Å²) in [5.74, 6) is 5.69. The molecule has 1 aromatic rings. The van der Waals surface area contributed by atoms with E-state index in [0.29, 0.717) is 12.3 Å². The molecular weight excluding hydrogens is 338 g/mol. The summed E-state index contributed by atoms with van der Waals surface area (Å²) in [4.78, 5) is 17.5. The van der Waals surface area contributed by atoms with Crippen molar-refractivity contribution in [1.82, 2.24) is 4.98 Å². The van der Waals surface area contributed by atoms with E-state index in [1.54, 1.807) is 13.8 Å². The van der Waals surface area contributed by atoms with Gasteiger partial charge in [-0.1, -0.05) is 39.5 Å². The van der Waals surface area contributed by atoms with Crippen molar-refractivity contribution >= 4 is 5.97 Å². The molecule has 0 aliphatic carbocycles. The third-order valence-corrected chi connectivity index (χ3v) is 4.93. The largest absolute Gasteiger partial charge is 0.431 e. The van der Waals surface area contributed by atoms with Crippen LogP contribution < -0.4 is 0 Å². The normalized spacial score (nSPS) is 22.3. The molecule has 2 rings (SSSR count). The van der Waals surface area contributed by atoms with Crippen molar-refractivity contribution in [2.75, 3.05) is 0 Å². The fourth-order valence-electron chi connectivity index (χ4n) is 3.64. The fourth-order valence-corrected chi connectivity index (χ4v) is 3.64. The van der Waals surface area contributed by atoms with Crippen LogP contribution in [-0.4, -0.2) is 22.3 Å². The lowest BCUT2D eigenvalue weighted by Crippen LogP contribution is -2.46. The maximum atomic E-state index is 12.9. The van der Waals surface area contributed by atoms with E-state index in [4.69, 9.17) is 9.47 Å². The van der Waals surface area contributed by atoms with E-state index in [1.165, 1.54) is 0 Å². The first-order chi connectivity index (χ1) is 12.6. The van der Waals surface area contributed by atoms with Crippen LogP contribution in [-0.2, 0) is 20.7 Å². The SMILES string of the molecule is CCCC#Cc1cc(C[C@]2([C@@H](C)CC(C)C)OC(C)(C)OC2=O)ncc1C. The van der Waals surface area contributed by atoms with Gasteiger partial charge in [0.15, 0.2) is 5.60 Å². The molecule has 2 heterocycles. The summed E-state index contributed by atoms with van der Waals surface area (Å²) in [5, 5.41) is 0. The number of hydrogen-bond acceptors (Lipinski definition) is 4. The maximum Gasteiger partial charge on any atom is 0.341 e. The van der Waals surface area contributed by atoms with Crippen LogP contribution in [0.4, 0.5) is 0 Å². The average Bonchev–Trinajstić information content (AvgIpc) is 2.79. The number of esters is 1. The van der Waals surface area contributed by atoms with Gasteiger partial charge in [-0.2, -0.15) is 0 Å². The van der Waals surface area contributed by atoms with Gasteiger partial charge in [-0.3, -0.25) is 4.98 Å². The van der Waals surface area contributed by atoms with Crippen LogP contribution in [0.2, 0.25) is 0 Å². The Morgan fingerprint density at radius 3 is 2.52 bits per heavy atom. The van der Waals surface area contributed by atoms with Crippen LogP contribution in [0.3, 0.4) is 0 Å². The van der Waals surface area contributed by atoms with Gasteiger partial charge < -0.3 is 9.47 Å². The van der Waals surface area contributed by atoms with E-state index in [2.05, 4.69) is 44.5 Å². The van der Waals surface area contributed by atoms with E-state index in [-0.39, 0.29) is 11.9 Å². The summed E-state index contributed by atoms with van der Waals surface area (Å²) in [5.41, 5.74) is 1.81. The molecule has 4 nitrogen and oxygen atoms in total. The lowest BCUT2D eigenvalue weighted by Gasteiger charge is -2.33. The highest BCUT2D eigenvalue weighted by atomic mass is 16.8. The predicted molar refractivity (Wildman–Crippen MR) is 107 cm³/mol. The van der Waals surface area contributed by atoms with E-state index >= 15 is 0 Å². The first-order valence-electron chi connectivity index (χ1n) is 9.97. The first kappa shape index (κ1) is 21.4. The number of aryl methyl sites for hydroxylation is 1. The minimum atomic E-state index is -1.01. The molecular formula is C23H33NO3. The second-order valence-corrected chi connectivity index (χ2v) is 8.53. The Labute approximate surface area is 164 Å². The second kappa shape index (κ2) is 8.44. The molecule has 1 aliphatic rings.